The van der Waals surface area contributed by atoms with Gasteiger partial charge in [-0.1, -0.05) is 36.4 Å². The van der Waals surface area contributed by atoms with Crippen LogP contribution in [0.3, 0.4) is 0 Å². The second-order valence-electron chi connectivity index (χ2n) is 8.92. The summed E-state index contributed by atoms with van der Waals surface area (Å²) in [6.07, 6.45) is 0. The molecule has 2 atom stereocenters. The van der Waals surface area contributed by atoms with E-state index in [2.05, 4.69) is 10.1 Å². The minimum atomic E-state index is -4.62. The summed E-state index contributed by atoms with van der Waals surface area (Å²) in [6.45, 7) is 5.24. The van der Waals surface area contributed by atoms with Crippen molar-refractivity contribution in [2.24, 2.45) is 5.18 Å². The summed E-state index contributed by atoms with van der Waals surface area (Å²) in [6, 6.07) is 13.4. The number of hydrogen-bond donors (Lipinski definition) is 1. The van der Waals surface area contributed by atoms with Gasteiger partial charge >= 0.3 is 0 Å². The third-order valence-electron chi connectivity index (χ3n) is 6.39. The predicted molar refractivity (Wildman–Crippen MR) is 132 cm³/mol. The van der Waals surface area contributed by atoms with Gasteiger partial charge in [0.2, 0.25) is 0 Å². The number of nitroso groups, excluding NO2 is 1. The second kappa shape index (κ2) is 10.3. The van der Waals surface area contributed by atoms with Gasteiger partial charge in [0.05, 0.1) is 0 Å². The average molecular weight is 516 g/mol. The van der Waals surface area contributed by atoms with E-state index in [-0.39, 0.29) is 52.6 Å². The third kappa shape index (κ3) is 5.38. The van der Waals surface area contributed by atoms with E-state index in [1.54, 1.807) is 29.2 Å². The quantitative estimate of drug-likeness (QED) is 0.372. The first-order chi connectivity index (χ1) is 17.1. The van der Waals surface area contributed by atoms with Gasteiger partial charge in [0.15, 0.2) is 18.0 Å². The molecule has 4 rings (SSSR count). The highest BCUT2D eigenvalue weighted by molar-refractivity contribution is 7.86. The number of carbonyl (C=O) groups excluding carboxylic acids is 1. The largest absolute Gasteiger partial charge is 0.481 e. The molecule has 1 aliphatic heterocycles. The number of rotatable bonds is 7. The van der Waals surface area contributed by atoms with E-state index >= 15 is 0 Å². The Morgan fingerprint density at radius 1 is 1.08 bits per heavy atom. The molecule has 36 heavy (non-hydrogen) atoms. The highest BCUT2D eigenvalue weighted by atomic mass is 32.2. The Bertz CT molecular complexity index is 1400. The van der Waals surface area contributed by atoms with Gasteiger partial charge < -0.3 is 9.64 Å². The highest BCUT2D eigenvalue weighted by Gasteiger charge is 2.32. The molecule has 0 radical (unpaired) electrons. The van der Waals surface area contributed by atoms with E-state index in [0.717, 1.165) is 11.6 Å². The lowest BCUT2D eigenvalue weighted by atomic mass is 10.1. The average Bonchev–Trinajstić information content (AvgIpc) is 2.84. The van der Waals surface area contributed by atoms with Gasteiger partial charge in [0.1, 0.15) is 10.7 Å². The van der Waals surface area contributed by atoms with Crippen molar-refractivity contribution in [2.75, 3.05) is 19.7 Å². The van der Waals surface area contributed by atoms with E-state index < -0.39 is 15.0 Å². The Kier molecular flexibility index (Phi) is 7.34. The molecule has 1 heterocycles. The van der Waals surface area contributed by atoms with Gasteiger partial charge in [-0.25, -0.2) is 4.39 Å². The molecule has 0 aromatic heterocycles. The molecular weight excluding hydrogens is 489 g/mol. The normalized spacial score (nSPS) is 18.8. The van der Waals surface area contributed by atoms with Crippen LogP contribution >= 0.6 is 0 Å². The zero-order valence-corrected chi connectivity index (χ0v) is 20.6. The minimum absolute atomic E-state index is 0.0306. The molecule has 0 aliphatic carbocycles. The first-order valence-electron chi connectivity index (χ1n) is 11.4. The maximum absolute atomic E-state index is 13.2. The molecule has 0 saturated carbocycles. The number of hydrogen-bond acceptors (Lipinski definition) is 7. The van der Waals surface area contributed by atoms with Gasteiger partial charge in [0, 0.05) is 42.5 Å². The van der Waals surface area contributed by atoms with Crippen LogP contribution in [0, 0.1) is 10.7 Å². The van der Waals surface area contributed by atoms with Crippen LogP contribution < -0.4 is 4.74 Å². The Labute approximate surface area is 208 Å². The number of halogens is 1. The Morgan fingerprint density at radius 3 is 2.39 bits per heavy atom. The van der Waals surface area contributed by atoms with E-state index in [1.165, 1.54) is 24.3 Å². The standard InChI is InChI=1S/C25H26FN3O6S/c1-16-13-29(17(2)12-28(16)14-18-7-9-19(26)10-8-18)24(30)15-35-25-21-6-4-3-5-20(21)23(36(32,33)34)11-22(25)27-31/h3-11,16-17H,12-15H2,1-2H3,(H,32,33,34). The van der Waals surface area contributed by atoms with Crippen molar-refractivity contribution in [3.05, 3.63) is 70.9 Å². The lowest BCUT2D eigenvalue weighted by Crippen LogP contribution is -2.58. The summed E-state index contributed by atoms with van der Waals surface area (Å²) >= 11 is 0. The summed E-state index contributed by atoms with van der Waals surface area (Å²) in [4.78, 5) is 28.0. The van der Waals surface area contributed by atoms with E-state index in [0.29, 0.717) is 19.6 Å². The molecule has 190 valence electrons. The molecule has 3 aromatic rings. The van der Waals surface area contributed by atoms with Crippen molar-refractivity contribution in [3.63, 3.8) is 0 Å². The number of carbonyl (C=O) groups is 1. The van der Waals surface area contributed by atoms with Crippen LogP contribution in [0.15, 0.2) is 64.7 Å². The van der Waals surface area contributed by atoms with Crippen molar-refractivity contribution in [1.29, 1.82) is 0 Å². The molecular formula is C25H26FN3O6S. The van der Waals surface area contributed by atoms with E-state index in [4.69, 9.17) is 4.74 Å². The molecule has 1 amide bonds. The van der Waals surface area contributed by atoms with Crippen LogP contribution in [0.2, 0.25) is 0 Å². The maximum Gasteiger partial charge on any atom is 0.295 e. The van der Waals surface area contributed by atoms with E-state index in [1.807, 2.05) is 13.8 Å². The molecule has 2 unspecified atom stereocenters. The molecule has 1 N–H and O–H groups in total. The molecule has 3 aromatic carbocycles. The summed E-state index contributed by atoms with van der Waals surface area (Å²) in [5.74, 6) is -0.614. The molecule has 1 fully saturated rings. The van der Waals surface area contributed by atoms with Gasteiger partial charge in [-0.05, 0) is 42.8 Å². The lowest BCUT2D eigenvalue weighted by Gasteiger charge is -2.44. The Morgan fingerprint density at radius 2 is 1.75 bits per heavy atom. The molecule has 0 bridgehead atoms. The molecule has 1 saturated heterocycles. The fraction of sp³-hybridized carbons (Fsp3) is 0.320. The number of nitrogens with zero attached hydrogens (tertiary/aromatic N) is 3. The number of fused-ring (bicyclic) bond motifs is 1. The predicted octanol–water partition coefficient (Wildman–Crippen LogP) is 4.12. The maximum atomic E-state index is 13.2. The smallest absolute Gasteiger partial charge is 0.295 e. The third-order valence-corrected chi connectivity index (χ3v) is 7.28. The SMILES string of the molecule is CC1CN(C(=O)COc2c(N=O)cc(S(=O)(=O)O)c3ccccc23)C(C)CN1Cc1ccc(F)cc1. The van der Waals surface area contributed by atoms with Crippen molar-refractivity contribution in [1.82, 2.24) is 9.80 Å². The van der Waals surface area contributed by atoms with Crippen LogP contribution in [0.25, 0.3) is 10.8 Å². The zero-order chi connectivity index (χ0) is 26.0. The summed E-state index contributed by atoms with van der Waals surface area (Å²) in [5, 5.41) is 3.24. The second-order valence-corrected chi connectivity index (χ2v) is 10.3. The number of piperazine rings is 1. The first-order valence-corrected chi connectivity index (χ1v) is 12.8. The van der Waals surface area contributed by atoms with Gasteiger partial charge in [-0.3, -0.25) is 14.2 Å². The minimum Gasteiger partial charge on any atom is -0.481 e. The summed E-state index contributed by atoms with van der Waals surface area (Å²) in [5.41, 5.74) is 0.646. The molecule has 0 spiro atoms. The fourth-order valence-electron chi connectivity index (χ4n) is 4.54. The number of ether oxygens (including phenoxy) is 1. The Balaban J connectivity index is 1.49. The summed E-state index contributed by atoms with van der Waals surface area (Å²) < 4.78 is 52.1. The van der Waals surface area contributed by atoms with Crippen molar-refractivity contribution >= 4 is 32.5 Å². The van der Waals surface area contributed by atoms with Crippen molar-refractivity contribution < 1.29 is 26.9 Å². The molecule has 9 nitrogen and oxygen atoms in total. The molecule has 11 heteroatoms. The number of benzene rings is 3. The highest BCUT2D eigenvalue weighted by Crippen LogP contribution is 2.40. The van der Waals surface area contributed by atoms with Crippen molar-refractivity contribution in [2.45, 2.75) is 37.4 Å². The topological polar surface area (TPSA) is 117 Å². The zero-order valence-electron chi connectivity index (χ0n) is 19.8. The van der Waals surface area contributed by atoms with Crippen LogP contribution in [0.4, 0.5) is 10.1 Å². The number of amides is 1. The summed E-state index contributed by atoms with van der Waals surface area (Å²) in [7, 11) is -4.62. The van der Waals surface area contributed by atoms with Gasteiger partial charge in [-0.15, -0.1) is 4.91 Å². The fourth-order valence-corrected chi connectivity index (χ4v) is 5.26. The monoisotopic (exact) mass is 515 g/mol. The van der Waals surface area contributed by atoms with Gasteiger partial charge in [0.25, 0.3) is 16.0 Å². The first kappa shape index (κ1) is 25.7. The molecule has 1 aliphatic rings. The van der Waals surface area contributed by atoms with E-state index in [9.17, 15) is 27.1 Å². The van der Waals surface area contributed by atoms with Crippen molar-refractivity contribution in [3.8, 4) is 5.75 Å². The van der Waals surface area contributed by atoms with Crippen LogP contribution in [-0.4, -0.2) is 60.5 Å². The van der Waals surface area contributed by atoms with Crippen LogP contribution in [0.5, 0.6) is 5.75 Å². The van der Waals surface area contributed by atoms with Crippen LogP contribution in [-0.2, 0) is 21.5 Å². The lowest BCUT2D eigenvalue weighted by molar-refractivity contribution is -0.139. The van der Waals surface area contributed by atoms with Gasteiger partial charge in [-0.2, -0.15) is 8.42 Å². The van der Waals surface area contributed by atoms with Crippen LogP contribution in [0.1, 0.15) is 19.4 Å². The Hall–Kier alpha value is -3.41.